The summed E-state index contributed by atoms with van der Waals surface area (Å²) < 4.78 is 6.35. The summed E-state index contributed by atoms with van der Waals surface area (Å²) >= 11 is 0. The molecule has 0 saturated heterocycles. The van der Waals surface area contributed by atoms with Crippen LogP contribution in [0.5, 0.6) is 0 Å². The first-order valence-corrected chi connectivity index (χ1v) is 10.5. The van der Waals surface area contributed by atoms with Crippen molar-refractivity contribution >= 4 is 8.32 Å². The third-order valence-corrected chi connectivity index (χ3v) is 4.94. The van der Waals surface area contributed by atoms with Crippen molar-refractivity contribution in [1.82, 2.24) is 0 Å². The zero-order chi connectivity index (χ0) is 14.7. The molecule has 0 spiro atoms. The fraction of sp³-hybridized carbons (Fsp3) is 0.688. The fourth-order valence-electron chi connectivity index (χ4n) is 2.87. The minimum Gasteiger partial charge on any atom is -0.399 e. The van der Waals surface area contributed by atoms with E-state index in [0.29, 0.717) is 0 Å². The molecule has 0 fully saturated rings. The smallest absolute Gasteiger partial charge is 0.185 e. The molecule has 1 aliphatic rings. The van der Waals surface area contributed by atoms with E-state index in [9.17, 15) is 5.26 Å². The molecule has 0 N–H and O–H groups in total. The average Bonchev–Trinajstić information content (AvgIpc) is 2.28. The summed E-state index contributed by atoms with van der Waals surface area (Å²) in [6.07, 6.45) is 7.93. The van der Waals surface area contributed by atoms with Gasteiger partial charge in [0.15, 0.2) is 13.9 Å². The van der Waals surface area contributed by atoms with Crippen LogP contribution in [-0.4, -0.2) is 13.9 Å². The van der Waals surface area contributed by atoms with Gasteiger partial charge in [0.05, 0.1) is 6.07 Å². The van der Waals surface area contributed by atoms with E-state index in [1.807, 2.05) is 6.08 Å². The molecule has 1 atom stereocenters. The van der Waals surface area contributed by atoms with E-state index in [2.05, 4.69) is 52.2 Å². The van der Waals surface area contributed by atoms with E-state index in [1.165, 1.54) is 5.57 Å². The standard InChI is InChI=1S/C16H27NOSi/c1-7-8-10-14-11-9-12-16(13-17,15(14,2)3)18-19(4,5)6/h7,11H,1,8-10,12H2,2-6H3. The maximum absolute atomic E-state index is 9.78. The lowest BCUT2D eigenvalue weighted by molar-refractivity contribution is 0.00644. The molecule has 1 aliphatic carbocycles. The van der Waals surface area contributed by atoms with Crippen LogP contribution in [0.4, 0.5) is 0 Å². The summed E-state index contributed by atoms with van der Waals surface area (Å²) in [5, 5.41) is 9.78. The number of nitrogens with zero attached hydrogens (tertiary/aromatic N) is 1. The van der Waals surface area contributed by atoms with Crippen LogP contribution in [0.1, 0.15) is 39.5 Å². The molecule has 1 rings (SSSR count). The van der Waals surface area contributed by atoms with Crippen LogP contribution in [0, 0.1) is 16.7 Å². The zero-order valence-corrected chi connectivity index (χ0v) is 14.0. The van der Waals surface area contributed by atoms with Crippen LogP contribution < -0.4 is 0 Å². The molecule has 0 heterocycles. The Morgan fingerprint density at radius 1 is 1.47 bits per heavy atom. The SMILES string of the molecule is C=CCCC1=CCCC(C#N)(O[Si](C)(C)C)C1(C)C. The summed E-state index contributed by atoms with van der Waals surface area (Å²) in [7, 11) is -1.76. The topological polar surface area (TPSA) is 33.0 Å². The molecule has 0 aliphatic heterocycles. The molecule has 0 aromatic carbocycles. The van der Waals surface area contributed by atoms with Crippen molar-refractivity contribution in [3.63, 3.8) is 0 Å². The van der Waals surface area contributed by atoms with E-state index in [0.717, 1.165) is 25.7 Å². The van der Waals surface area contributed by atoms with Gasteiger partial charge in [0.2, 0.25) is 0 Å². The molecule has 0 radical (unpaired) electrons. The molecule has 19 heavy (non-hydrogen) atoms. The predicted molar refractivity (Wildman–Crippen MR) is 83.3 cm³/mol. The van der Waals surface area contributed by atoms with Gasteiger partial charge >= 0.3 is 0 Å². The third-order valence-electron chi connectivity index (χ3n) is 3.98. The second kappa shape index (κ2) is 5.64. The molecule has 0 aromatic heterocycles. The van der Waals surface area contributed by atoms with Gasteiger partial charge in [-0.05, 0) is 45.3 Å². The van der Waals surface area contributed by atoms with Crippen LogP contribution in [0.2, 0.25) is 19.6 Å². The van der Waals surface area contributed by atoms with Gasteiger partial charge < -0.3 is 4.43 Å². The summed E-state index contributed by atoms with van der Waals surface area (Å²) in [5.74, 6) is 0. The first kappa shape index (κ1) is 16.2. The minimum atomic E-state index is -1.76. The lowest BCUT2D eigenvalue weighted by atomic mass is 9.64. The summed E-state index contributed by atoms with van der Waals surface area (Å²) in [5.41, 5.74) is 0.463. The maximum Gasteiger partial charge on any atom is 0.185 e. The van der Waals surface area contributed by atoms with E-state index in [-0.39, 0.29) is 5.41 Å². The van der Waals surface area contributed by atoms with Crippen molar-refractivity contribution in [3.05, 3.63) is 24.3 Å². The van der Waals surface area contributed by atoms with Gasteiger partial charge in [-0.3, -0.25) is 0 Å². The molecule has 3 heteroatoms. The summed E-state index contributed by atoms with van der Waals surface area (Å²) in [6, 6.07) is 2.52. The molecular weight excluding hydrogens is 250 g/mol. The highest BCUT2D eigenvalue weighted by Crippen LogP contribution is 2.49. The quantitative estimate of drug-likeness (QED) is 0.533. The largest absolute Gasteiger partial charge is 0.399 e. The zero-order valence-electron chi connectivity index (χ0n) is 13.0. The Balaban J connectivity index is 3.11. The normalized spacial score (nSPS) is 26.4. The lowest BCUT2D eigenvalue weighted by Crippen LogP contribution is -2.53. The Kier molecular flexibility index (Phi) is 4.81. The fourth-order valence-corrected chi connectivity index (χ4v) is 4.32. The highest BCUT2D eigenvalue weighted by Gasteiger charge is 2.51. The first-order chi connectivity index (χ1) is 8.68. The second-order valence-corrected chi connectivity index (χ2v) is 11.3. The molecule has 0 saturated carbocycles. The molecule has 106 valence electrons. The Morgan fingerprint density at radius 2 is 2.11 bits per heavy atom. The number of nitriles is 1. The average molecular weight is 277 g/mol. The lowest BCUT2D eigenvalue weighted by Gasteiger charge is -2.48. The molecule has 1 unspecified atom stereocenters. The Morgan fingerprint density at radius 3 is 2.58 bits per heavy atom. The molecule has 0 amide bonds. The van der Waals surface area contributed by atoms with Crippen molar-refractivity contribution in [2.45, 2.75) is 64.8 Å². The van der Waals surface area contributed by atoms with Crippen molar-refractivity contribution in [2.24, 2.45) is 5.41 Å². The van der Waals surface area contributed by atoms with E-state index < -0.39 is 13.9 Å². The summed E-state index contributed by atoms with van der Waals surface area (Å²) in [4.78, 5) is 0. The van der Waals surface area contributed by atoms with Gasteiger partial charge in [0.25, 0.3) is 0 Å². The van der Waals surface area contributed by atoms with E-state index >= 15 is 0 Å². The van der Waals surface area contributed by atoms with Crippen LogP contribution >= 0.6 is 0 Å². The predicted octanol–water partition coefficient (Wildman–Crippen LogP) is 4.81. The van der Waals surface area contributed by atoms with Crippen LogP contribution in [0.15, 0.2) is 24.3 Å². The summed E-state index contributed by atoms with van der Waals surface area (Å²) in [6.45, 7) is 14.6. The molecular formula is C16H27NOSi. The third kappa shape index (κ3) is 3.37. The van der Waals surface area contributed by atoms with Crippen molar-refractivity contribution in [1.29, 1.82) is 5.26 Å². The number of allylic oxidation sites excluding steroid dienone is 2. The molecule has 0 aromatic rings. The minimum absolute atomic E-state index is 0.219. The van der Waals surface area contributed by atoms with Gasteiger partial charge in [-0.2, -0.15) is 5.26 Å². The van der Waals surface area contributed by atoms with Gasteiger partial charge in [-0.25, -0.2) is 0 Å². The van der Waals surface area contributed by atoms with E-state index in [4.69, 9.17) is 4.43 Å². The molecule has 2 nitrogen and oxygen atoms in total. The number of rotatable bonds is 5. The van der Waals surface area contributed by atoms with Crippen molar-refractivity contribution in [3.8, 4) is 6.07 Å². The number of hydrogen-bond donors (Lipinski definition) is 0. The first-order valence-electron chi connectivity index (χ1n) is 7.10. The Labute approximate surface area is 119 Å². The van der Waals surface area contributed by atoms with Gasteiger partial charge in [-0.1, -0.05) is 31.6 Å². The second-order valence-electron chi connectivity index (χ2n) is 6.87. The van der Waals surface area contributed by atoms with Gasteiger partial charge in [0.1, 0.15) is 0 Å². The number of hydrogen-bond acceptors (Lipinski definition) is 2. The van der Waals surface area contributed by atoms with E-state index in [1.54, 1.807) is 0 Å². The highest BCUT2D eigenvalue weighted by atomic mass is 28.4. The van der Waals surface area contributed by atoms with Crippen LogP contribution in [-0.2, 0) is 4.43 Å². The Hall–Kier alpha value is -0.853. The monoisotopic (exact) mass is 277 g/mol. The van der Waals surface area contributed by atoms with Crippen LogP contribution in [0.25, 0.3) is 0 Å². The van der Waals surface area contributed by atoms with Crippen molar-refractivity contribution in [2.75, 3.05) is 0 Å². The molecule has 0 bridgehead atoms. The van der Waals surface area contributed by atoms with Gasteiger partial charge in [-0.15, -0.1) is 6.58 Å². The highest BCUT2D eigenvalue weighted by molar-refractivity contribution is 6.69. The Bertz CT molecular complexity index is 411. The van der Waals surface area contributed by atoms with Gasteiger partial charge in [0, 0.05) is 5.41 Å². The van der Waals surface area contributed by atoms with Crippen molar-refractivity contribution < 1.29 is 4.43 Å². The maximum atomic E-state index is 9.78. The van der Waals surface area contributed by atoms with Crippen LogP contribution in [0.3, 0.4) is 0 Å².